The second kappa shape index (κ2) is 8.08. The summed E-state index contributed by atoms with van der Waals surface area (Å²) in [6, 6.07) is 2.61. The van der Waals surface area contributed by atoms with Crippen LogP contribution in [-0.2, 0) is 12.4 Å². The quantitative estimate of drug-likeness (QED) is 0.587. The maximum atomic E-state index is 13.1. The maximum absolute atomic E-state index is 13.1. The van der Waals surface area contributed by atoms with E-state index < -0.39 is 47.2 Å². The van der Waals surface area contributed by atoms with Crippen molar-refractivity contribution in [1.82, 2.24) is 0 Å². The van der Waals surface area contributed by atoms with Crippen molar-refractivity contribution < 1.29 is 44.3 Å². The average molecular weight is 440 g/mol. The summed E-state index contributed by atoms with van der Waals surface area (Å²) in [5.41, 5.74) is 1.97. The fourth-order valence-corrected chi connectivity index (χ4v) is 2.31. The van der Waals surface area contributed by atoms with Gasteiger partial charge in [-0.05, 0) is 41.5 Å². The topological polar surface area (TPSA) is 35.2 Å². The molecule has 156 valence electrons. The monoisotopic (exact) mass is 439 g/mol. The molecule has 0 aliphatic carbocycles. The van der Waals surface area contributed by atoms with E-state index in [-0.39, 0.29) is 36.2 Å². The molecule has 0 aliphatic rings. The number of hydrogen-bond donors (Lipinski definition) is 1. The Balaban J connectivity index is 0.00000392. The molecule has 12 heteroatoms. The van der Waals surface area contributed by atoms with Gasteiger partial charge in [-0.25, -0.2) is 0 Å². The van der Waals surface area contributed by atoms with E-state index in [1.165, 1.54) is 0 Å². The van der Waals surface area contributed by atoms with Crippen LogP contribution in [0.15, 0.2) is 42.5 Å². The number of halogens is 10. The minimum atomic E-state index is -4.98. The van der Waals surface area contributed by atoms with Gasteiger partial charge in [0.2, 0.25) is 0 Å². The lowest BCUT2D eigenvalue weighted by atomic mass is 9.93. The molecule has 0 unspecified atom stereocenters. The zero-order valence-electron chi connectivity index (χ0n) is 13.4. The first kappa shape index (κ1) is 23.9. The predicted octanol–water partition coefficient (Wildman–Crippen LogP) is 6.09. The lowest BCUT2D eigenvalue weighted by molar-refractivity contribution is -0.274. The van der Waals surface area contributed by atoms with E-state index in [9.17, 15) is 39.5 Å². The van der Waals surface area contributed by atoms with Gasteiger partial charge in [-0.15, -0.1) is 25.6 Å². The van der Waals surface area contributed by atoms with E-state index >= 15 is 0 Å². The molecule has 1 atom stereocenters. The Kier molecular flexibility index (Phi) is 6.89. The summed E-state index contributed by atoms with van der Waals surface area (Å²) in [5, 5.41) is 0. The van der Waals surface area contributed by atoms with Crippen LogP contribution in [0.5, 0.6) is 5.75 Å². The third kappa shape index (κ3) is 5.93. The second-order valence-electron chi connectivity index (χ2n) is 5.39. The fourth-order valence-electron chi connectivity index (χ4n) is 2.31. The van der Waals surface area contributed by atoms with Crippen LogP contribution in [-0.4, -0.2) is 6.36 Å². The molecular weight excluding hydrogens is 429 g/mol. The highest BCUT2D eigenvalue weighted by atomic mass is 35.5. The lowest BCUT2D eigenvalue weighted by Gasteiger charge is -2.21. The van der Waals surface area contributed by atoms with E-state index in [1.54, 1.807) is 0 Å². The molecule has 0 bridgehead atoms. The Morgan fingerprint density at radius 2 is 1.29 bits per heavy atom. The molecule has 0 heterocycles. The minimum absolute atomic E-state index is 0. The van der Waals surface area contributed by atoms with Crippen LogP contribution in [0.25, 0.3) is 0 Å². The summed E-state index contributed by atoms with van der Waals surface area (Å²) in [6.07, 6.45) is -14.9. The first-order valence-corrected chi connectivity index (χ1v) is 7.08. The van der Waals surface area contributed by atoms with Crippen LogP contribution < -0.4 is 10.5 Å². The van der Waals surface area contributed by atoms with E-state index in [1.807, 2.05) is 0 Å². The molecule has 0 aromatic heterocycles. The van der Waals surface area contributed by atoms with Crippen molar-refractivity contribution in [2.24, 2.45) is 5.73 Å². The molecule has 0 fully saturated rings. The highest BCUT2D eigenvalue weighted by Gasteiger charge is 2.38. The number of hydrogen-bond acceptors (Lipinski definition) is 2. The van der Waals surface area contributed by atoms with Crippen LogP contribution >= 0.6 is 12.4 Å². The Labute approximate surface area is 158 Å². The zero-order valence-corrected chi connectivity index (χ0v) is 14.2. The molecule has 2 aromatic rings. The normalized spacial score (nSPS) is 13.6. The molecule has 0 saturated carbocycles. The predicted molar refractivity (Wildman–Crippen MR) is 82.8 cm³/mol. The summed E-state index contributed by atoms with van der Waals surface area (Å²) in [6.45, 7) is 0. The number of ether oxygens (including phenoxy) is 1. The van der Waals surface area contributed by atoms with Crippen molar-refractivity contribution >= 4 is 12.4 Å². The van der Waals surface area contributed by atoms with Gasteiger partial charge < -0.3 is 10.5 Å². The summed E-state index contributed by atoms with van der Waals surface area (Å²) < 4.78 is 118. The minimum Gasteiger partial charge on any atom is -0.406 e. The smallest absolute Gasteiger partial charge is 0.406 e. The van der Waals surface area contributed by atoms with Crippen molar-refractivity contribution in [3.8, 4) is 5.75 Å². The fraction of sp³-hybridized carbons (Fsp3) is 0.250. The summed E-state index contributed by atoms with van der Waals surface area (Å²) in [7, 11) is 0. The number of nitrogens with two attached hydrogens (primary N) is 1. The molecule has 2 aromatic carbocycles. The highest BCUT2D eigenvalue weighted by molar-refractivity contribution is 5.85. The third-order valence-corrected chi connectivity index (χ3v) is 3.49. The molecule has 0 spiro atoms. The lowest BCUT2D eigenvalue weighted by Crippen LogP contribution is -2.20. The second-order valence-corrected chi connectivity index (χ2v) is 5.39. The van der Waals surface area contributed by atoms with E-state index in [0.717, 1.165) is 24.3 Å². The van der Waals surface area contributed by atoms with E-state index in [4.69, 9.17) is 5.73 Å². The van der Waals surface area contributed by atoms with Crippen LogP contribution in [0.3, 0.4) is 0 Å². The van der Waals surface area contributed by atoms with Crippen molar-refractivity contribution in [3.63, 3.8) is 0 Å². The summed E-state index contributed by atoms with van der Waals surface area (Å²) >= 11 is 0. The molecular formula is C16H11ClF9NO. The summed E-state index contributed by atoms with van der Waals surface area (Å²) in [5.74, 6) is -0.654. The van der Waals surface area contributed by atoms with Crippen LogP contribution in [0, 0.1) is 0 Å². The van der Waals surface area contributed by atoms with Crippen LogP contribution in [0.4, 0.5) is 39.5 Å². The first-order chi connectivity index (χ1) is 12.2. The highest BCUT2D eigenvalue weighted by Crippen LogP contribution is 2.39. The Bertz CT molecular complexity index is 798. The van der Waals surface area contributed by atoms with Crippen molar-refractivity contribution in [2.75, 3.05) is 0 Å². The molecule has 0 aliphatic heterocycles. The van der Waals surface area contributed by atoms with Gasteiger partial charge in [-0.1, -0.05) is 12.1 Å². The summed E-state index contributed by atoms with van der Waals surface area (Å²) in [4.78, 5) is 0. The van der Waals surface area contributed by atoms with Crippen LogP contribution in [0.1, 0.15) is 28.3 Å². The number of rotatable bonds is 3. The van der Waals surface area contributed by atoms with E-state index in [0.29, 0.717) is 0 Å². The Morgan fingerprint density at radius 3 is 1.71 bits per heavy atom. The zero-order chi connectivity index (χ0) is 20.6. The molecule has 2 rings (SSSR count). The van der Waals surface area contributed by atoms with Gasteiger partial charge in [-0.3, -0.25) is 0 Å². The molecule has 0 saturated heterocycles. The maximum Gasteiger partial charge on any atom is 0.573 e. The van der Waals surface area contributed by atoms with Gasteiger partial charge in [0.15, 0.2) is 0 Å². The van der Waals surface area contributed by atoms with Crippen molar-refractivity contribution in [1.29, 1.82) is 0 Å². The van der Waals surface area contributed by atoms with Crippen LogP contribution in [0.2, 0.25) is 0 Å². The SMILES string of the molecule is Cl.N[C@@H](c1ccc(OC(F)(F)F)cc1)c1cc(C(F)(F)F)ccc1C(F)(F)F. The number of alkyl halides is 9. The van der Waals surface area contributed by atoms with Crippen molar-refractivity contribution in [2.45, 2.75) is 24.8 Å². The number of benzene rings is 2. The molecule has 0 radical (unpaired) electrons. The third-order valence-electron chi connectivity index (χ3n) is 3.49. The van der Waals surface area contributed by atoms with Gasteiger partial charge >= 0.3 is 18.7 Å². The van der Waals surface area contributed by atoms with Gasteiger partial charge in [0.05, 0.1) is 17.2 Å². The van der Waals surface area contributed by atoms with Gasteiger partial charge in [-0.2, -0.15) is 26.3 Å². The average Bonchev–Trinajstić information content (AvgIpc) is 2.51. The molecule has 0 amide bonds. The van der Waals surface area contributed by atoms with Gasteiger partial charge in [0.25, 0.3) is 0 Å². The Hall–Kier alpha value is -2.14. The molecule has 2 nitrogen and oxygen atoms in total. The van der Waals surface area contributed by atoms with Crippen molar-refractivity contribution in [3.05, 3.63) is 64.7 Å². The van der Waals surface area contributed by atoms with Gasteiger partial charge in [0.1, 0.15) is 5.75 Å². The van der Waals surface area contributed by atoms with E-state index in [2.05, 4.69) is 4.74 Å². The first-order valence-electron chi connectivity index (χ1n) is 7.08. The standard InChI is InChI=1S/C16H10F9NO.ClH/c17-14(18,19)9-3-6-12(15(20,21)22)11(7-9)13(26)8-1-4-10(5-2-8)27-16(23,24)25;/h1-7,13H,26H2;1H/t13-;/m0./s1. The largest absolute Gasteiger partial charge is 0.573 e. The molecule has 2 N–H and O–H groups in total. The van der Waals surface area contributed by atoms with Gasteiger partial charge in [0, 0.05) is 0 Å². The Morgan fingerprint density at radius 1 is 0.750 bits per heavy atom. The molecule has 28 heavy (non-hydrogen) atoms.